The van der Waals surface area contributed by atoms with E-state index in [9.17, 15) is 0 Å². The minimum atomic E-state index is 0.205. The van der Waals surface area contributed by atoms with Crippen molar-refractivity contribution in [3.8, 4) is 0 Å². The number of halogens is 1. The van der Waals surface area contributed by atoms with Gasteiger partial charge in [0.15, 0.2) is 0 Å². The van der Waals surface area contributed by atoms with Crippen LogP contribution >= 0.6 is 11.6 Å². The Balaban J connectivity index is 1.64. The van der Waals surface area contributed by atoms with Crippen molar-refractivity contribution in [3.63, 3.8) is 0 Å². The maximum atomic E-state index is 6.23. The molecule has 0 radical (unpaired) electrons. The molecule has 2 heterocycles. The molecule has 1 aromatic rings. The number of nitrogens with one attached hydrogen (secondary N) is 1. The zero-order valence-electron chi connectivity index (χ0n) is 12.7. The van der Waals surface area contributed by atoms with Crippen LogP contribution < -0.4 is 5.32 Å². The molecule has 3 rings (SSSR count). The molecule has 1 atom stereocenters. The van der Waals surface area contributed by atoms with Gasteiger partial charge in [0, 0.05) is 31.1 Å². The van der Waals surface area contributed by atoms with E-state index in [2.05, 4.69) is 27.1 Å². The summed E-state index contributed by atoms with van der Waals surface area (Å²) in [7, 11) is 0. The molecule has 1 unspecified atom stereocenters. The Morgan fingerprint density at radius 3 is 2.90 bits per heavy atom. The Morgan fingerprint density at radius 1 is 1.38 bits per heavy atom. The number of likely N-dealkylation sites (N-methyl/N-ethyl adjacent to an activating group) is 1. The summed E-state index contributed by atoms with van der Waals surface area (Å²) < 4.78 is 5.81. The summed E-state index contributed by atoms with van der Waals surface area (Å²) in [6, 6.07) is 0. The second kappa shape index (κ2) is 6.46. The van der Waals surface area contributed by atoms with Gasteiger partial charge in [-0.3, -0.25) is 4.90 Å². The SMILES string of the molecule is CCN1CCOC(CNc2nc(C3CC3)nc(Cl)c2C)C1. The largest absolute Gasteiger partial charge is 0.374 e. The van der Waals surface area contributed by atoms with Crippen LogP contribution in [0.4, 0.5) is 5.82 Å². The van der Waals surface area contributed by atoms with E-state index in [1.54, 1.807) is 0 Å². The molecule has 1 saturated heterocycles. The Bertz CT molecular complexity index is 507. The summed E-state index contributed by atoms with van der Waals surface area (Å²) in [5, 5.41) is 3.97. The number of anilines is 1. The van der Waals surface area contributed by atoms with Crippen LogP contribution in [0.1, 0.15) is 37.1 Å². The van der Waals surface area contributed by atoms with Crippen molar-refractivity contribution in [2.24, 2.45) is 0 Å². The smallest absolute Gasteiger partial charge is 0.137 e. The highest BCUT2D eigenvalue weighted by atomic mass is 35.5. The van der Waals surface area contributed by atoms with Gasteiger partial charge in [0.05, 0.1) is 12.7 Å². The summed E-state index contributed by atoms with van der Waals surface area (Å²) >= 11 is 6.23. The van der Waals surface area contributed by atoms with Gasteiger partial charge in [0.2, 0.25) is 0 Å². The molecule has 0 bridgehead atoms. The molecule has 1 aliphatic carbocycles. The number of ether oxygens (including phenoxy) is 1. The van der Waals surface area contributed by atoms with Crippen molar-refractivity contribution < 1.29 is 4.74 Å². The van der Waals surface area contributed by atoms with Crippen molar-refractivity contribution in [2.45, 2.75) is 38.7 Å². The van der Waals surface area contributed by atoms with Gasteiger partial charge in [0.1, 0.15) is 16.8 Å². The molecule has 0 amide bonds. The van der Waals surface area contributed by atoms with E-state index in [0.717, 1.165) is 50.0 Å². The molecule has 1 aliphatic heterocycles. The quantitative estimate of drug-likeness (QED) is 0.847. The standard InChI is InChI=1S/C15H23ClN4O/c1-3-20-6-7-21-12(9-20)8-17-14-10(2)13(16)18-15(19-14)11-4-5-11/h11-12H,3-9H2,1-2H3,(H,17,18,19). The number of morpholine rings is 1. The van der Waals surface area contributed by atoms with Gasteiger partial charge in [-0.2, -0.15) is 0 Å². The second-order valence-corrected chi connectivity index (χ2v) is 6.25. The maximum absolute atomic E-state index is 6.23. The van der Waals surface area contributed by atoms with E-state index >= 15 is 0 Å². The number of nitrogens with zero attached hydrogens (tertiary/aromatic N) is 3. The van der Waals surface area contributed by atoms with Crippen LogP contribution in [0.25, 0.3) is 0 Å². The zero-order valence-corrected chi connectivity index (χ0v) is 13.5. The summed E-state index contributed by atoms with van der Waals surface area (Å²) in [4.78, 5) is 11.4. The summed E-state index contributed by atoms with van der Waals surface area (Å²) in [5.41, 5.74) is 0.921. The van der Waals surface area contributed by atoms with Crippen molar-refractivity contribution >= 4 is 17.4 Å². The molecule has 6 heteroatoms. The van der Waals surface area contributed by atoms with Crippen LogP contribution in [0, 0.1) is 6.92 Å². The maximum Gasteiger partial charge on any atom is 0.137 e. The van der Waals surface area contributed by atoms with Gasteiger partial charge >= 0.3 is 0 Å². The second-order valence-electron chi connectivity index (χ2n) is 5.89. The number of rotatable bonds is 5. The van der Waals surface area contributed by atoms with Gasteiger partial charge in [0.25, 0.3) is 0 Å². The molecule has 1 N–H and O–H groups in total. The van der Waals surface area contributed by atoms with Crippen LogP contribution in [0.2, 0.25) is 5.15 Å². The third-order valence-electron chi connectivity index (χ3n) is 4.21. The van der Waals surface area contributed by atoms with E-state index in [-0.39, 0.29) is 6.10 Å². The van der Waals surface area contributed by atoms with Gasteiger partial charge in [-0.05, 0) is 26.3 Å². The summed E-state index contributed by atoms with van der Waals surface area (Å²) in [5.74, 6) is 2.24. The minimum absolute atomic E-state index is 0.205. The molecule has 1 aromatic heterocycles. The monoisotopic (exact) mass is 310 g/mol. The molecule has 2 fully saturated rings. The first-order chi connectivity index (χ1) is 10.2. The van der Waals surface area contributed by atoms with E-state index in [1.807, 2.05) is 6.92 Å². The Hall–Kier alpha value is -0.910. The highest BCUT2D eigenvalue weighted by molar-refractivity contribution is 6.30. The van der Waals surface area contributed by atoms with Crippen LogP contribution in [0.15, 0.2) is 0 Å². The fraction of sp³-hybridized carbons (Fsp3) is 0.733. The van der Waals surface area contributed by atoms with Gasteiger partial charge in [-0.25, -0.2) is 9.97 Å². The minimum Gasteiger partial charge on any atom is -0.374 e. The lowest BCUT2D eigenvalue weighted by atomic mass is 10.2. The topological polar surface area (TPSA) is 50.3 Å². The molecule has 1 saturated carbocycles. The van der Waals surface area contributed by atoms with E-state index in [0.29, 0.717) is 11.1 Å². The molecule has 0 aromatic carbocycles. The Morgan fingerprint density at radius 2 is 2.19 bits per heavy atom. The van der Waals surface area contributed by atoms with Crippen LogP contribution in [0.3, 0.4) is 0 Å². The molecule has 116 valence electrons. The zero-order chi connectivity index (χ0) is 14.8. The first-order valence-electron chi connectivity index (χ1n) is 7.79. The summed E-state index contributed by atoms with van der Waals surface area (Å²) in [6.07, 6.45) is 2.56. The lowest BCUT2D eigenvalue weighted by molar-refractivity contribution is -0.0192. The normalized spacial score (nSPS) is 23.3. The molecular formula is C15H23ClN4O. The number of hydrogen-bond acceptors (Lipinski definition) is 5. The van der Waals surface area contributed by atoms with Crippen LogP contribution in [-0.4, -0.2) is 53.8 Å². The first-order valence-corrected chi connectivity index (χ1v) is 8.17. The molecule has 2 aliphatic rings. The predicted octanol–water partition coefficient (Wildman–Crippen LogP) is 2.45. The first kappa shape index (κ1) is 15.0. The fourth-order valence-electron chi connectivity index (χ4n) is 2.60. The average molecular weight is 311 g/mol. The van der Waals surface area contributed by atoms with Gasteiger partial charge < -0.3 is 10.1 Å². The highest BCUT2D eigenvalue weighted by Gasteiger charge is 2.28. The van der Waals surface area contributed by atoms with E-state index < -0.39 is 0 Å². The lowest BCUT2D eigenvalue weighted by Crippen LogP contribution is -2.45. The van der Waals surface area contributed by atoms with Crippen LogP contribution in [-0.2, 0) is 4.74 Å². The van der Waals surface area contributed by atoms with E-state index in [1.165, 1.54) is 12.8 Å². The Labute approximate surface area is 131 Å². The molecule has 0 spiro atoms. The van der Waals surface area contributed by atoms with Gasteiger partial charge in [-0.15, -0.1) is 0 Å². The third-order valence-corrected chi connectivity index (χ3v) is 4.58. The van der Waals surface area contributed by atoms with Crippen molar-refractivity contribution in [2.75, 3.05) is 38.1 Å². The Kier molecular flexibility index (Phi) is 4.62. The molecule has 21 heavy (non-hydrogen) atoms. The number of aromatic nitrogens is 2. The fourth-order valence-corrected chi connectivity index (χ4v) is 2.78. The third kappa shape index (κ3) is 3.65. The van der Waals surface area contributed by atoms with Crippen molar-refractivity contribution in [3.05, 3.63) is 16.5 Å². The predicted molar refractivity (Wildman–Crippen MR) is 84.1 cm³/mol. The van der Waals surface area contributed by atoms with Crippen LogP contribution in [0.5, 0.6) is 0 Å². The lowest BCUT2D eigenvalue weighted by Gasteiger charge is -2.32. The van der Waals surface area contributed by atoms with Gasteiger partial charge in [-0.1, -0.05) is 18.5 Å². The van der Waals surface area contributed by atoms with Crippen molar-refractivity contribution in [1.29, 1.82) is 0 Å². The average Bonchev–Trinajstić information content (AvgIpc) is 3.33. The van der Waals surface area contributed by atoms with E-state index in [4.69, 9.17) is 16.3 Å². The highest BCUT2D eigenvalue weighted by Crippen LogP contribution is 2.39. The number of hydrogen-bond donors (Lipinski definition) is 1. The van der Waals surface area contributed by atoms with Crippen molar-refractivity contribution in [1.82, 2.24) is 14.9 Å². The summed E-state index contributed by atoms with van der Waals surface area (Å²) in [6.45, 7) is 8.78. The molecule has 5 nitrogen and oxygen atoms in total. The molecular weight excluding hydrogens is 288 g/mol.